The molecule has 2 aliphatic rings. The third-order valence-corrected chi connectivity index (χ3v) is 13.6. The van der Waals surface area contributed by atoms with Crippen molar-refractivity contribution in [3.05, 3.63) is 101 Å². The van der Waals surface area contributed by atoms with Crippen molar-refractivity contribution in [1.82, 2.24) is 15.2 Å². The minimum Gasteiger partial charge on any atom is -0.494 e. The van der Waals surface area contributed by atoms with Gasteiger partial charge in [-0.3, -0.25) is 19.2 Å². The minimum absolute atomic E-state index is 0.00776. The predicted molar refractivity (Wildman–Crippen MR) is 250 cm³/mol. The number of benzene rings is 3. The van der Waals surface area contributed by atoms with Gasteiger partial charge in [0.2, 0.25) is 11.8 Å². The molecule has 13 nitrogen and oxygen atoms in total. The highest BCUT2D eigenvalue weighted by molar-refractivity contribution is 6.31. The summed E-state index contributed by atoms with van der Waals surface area (Å²) < 4.78 is 23.0. The Balaban J connectivity index is 0.903. The van der Waals surface area contributed by atoms with Crippen LogP contribution >= 0.6 is 11.6 Å². The molecule has 0 unspecified atom stereocenters. The van der Waals surface area contributed by atoms with Gasteiger partial charge in [0, 0.05) is 60.4 Å². The fourth-order valence-corrected chi connectivity index (χ4v) is 10.00. The van der Waals surface area contributed by atoms with Crippen LogP contribution in [0.4, 0.5) is 0 Å². The number of β-amino-alcohol motifs (C(OH)–C–C–N with tert-alkyl or cyclic N) is 1. The number of carbonyl (C=O) groups is 4. The van der Waals surface area contributed by atoms with Gasteiger partial charge in [0.1, 0.15) is 48.3 Å². The molecule has 6 rings (SSSR count). The number of aliphatic hydroxyl groups excluding tert-OH is 1. The fraction of sp³-hybridized carbons (Fsp3) is 0.500. The SMILES string of the molecule is C[C@H](CC(=O)[C@@H]1C[C@@H](O)CN1C(=O)[C@@H](NC(=O)COCCCCOc1ccc(C(=O)CC2C(C)(C)C(Oc3ccc(C#N)c(Cl)c3)C2(C)C)cc1)C(C)(C)C)c1ccc(-c2cocn2)cc1. The zero-order valence-corrected chi connectivity index (χ0v) is 40.0. The fourth-order valence-electron chi connectivity index (χ4n) is 9.79. The molecule has 352 valence electrons. The molecule has 66 heavy (non-hydrogen) atoms. The second-order valence-electron chi connectivity index (χ2n) is 20.0. The summed E-state index contributed by atoms with van der Waals surface area (Å²) in [6.07, 6.45) is 3.91. The van der Waals surface area contributed by atoms with Crippen LogP contribution in [-0.4, -0.2) is 89.0 Å². The first-order valence-corrected chi connectivity index (χ1v) is 23.1. The normalized spacial score (nSPS) is 20.7. The summed E-state index contributed by atoms with van der Waals surface area (Å²) in [6.45, 7) is 16.4. The molecule has 2 fully saturated rings. The van der Waals surface area contributed by atoms with Gasteiger partial charge in [0.25, 0.3) is 0 Å². The second-order valence-corrected chi connectivity index (χ2v) is 20.4. The number of likely N-dealkylation sites (tertiary alicyclic amines) is 1. The van der Waals surface area contributed by atoms with Crippen LogP contribution < -0.4 is 14.8 Å². The Morgan fingerprint density at radius 2 is 1.65 bits per heavy atom. The van der Waals surface area contributed by atoms with E-state index in [1.54, 1.807) is 48.7 Å². The third-order valence-electron chi connectivity index (χ3n) is 13.3. The molecular formula is C52H63ClN4O9. The van der Waals surface area contributed by atoms with Gasteiger partial charge < -0.3 is 34.0 Å². The molecule has 0 radical (unpaired) electrons. The Labute approximate surface area is 393 Å². The van der Waals surface area contributed by atoms with E-state index < -0.39 is 35.4 Å². The molecule has 1 aliphatic carbocycles. The van der Waals surface area contributed by atoms with Gasteiger partial charge in [-0.2, -0.15) is 5.26 Å². The van der Waals surface area contributed by atoms with Crippen LogP contribution in [0.25, 0.3) is 11.3 Å². The summed E-state index contributed by atoms with van der Waals surface area (Å²) in [5.41, 5.74) is 2.31. The monoisotopic (exact) mass is 922 g/mol. The summed E-state index contributed by atoms with van der Waals surface area (Å²) in [5, 5.41) is 23.0. The number of aromatic nitrogens is 1. The number of hydrogen-bond acceptors (Lipinski definition) is 11. The molecule has 2 heterocycles. The van der Waals surface area contributed by atoms with Gasteiger partial charge in [-0.05, 0) is 72.1 Å². The highest BCUT2D eigenvalue weighted by atomic mass is 35.5. The lowest BCUT2D eigenvalue weighted by atomic mass is 9.44. The van der Waals surface area contributed by atoms with Crippen molar-refractivity contribution < 1.29 is 42.9 Å². The summed E-state index contributed by atoms with van der Waals surface area (Å²) >= 11 is 6.24. The third kappa shape index (κ3) is 11.7. The number of halogens is 1. The van der Waals surface area contributed by atoms with Gasteiger partial charge in [-0.25, -0.2) is 4.98 Å². The van der Waals surface area contributed by atoms with E-state index >= 15 is 0 Å². The number of hydrogen-bond donors (Lipinski definition) is 2. The Bertz CT molecular complexity index is 2350. The maximum Gasteiger partial charge on any atom is 0.246 e. The number of amides is 2. The van der Waals surface area contributed by atoms with Gasteiger partial charge >= 0.3 is 0 Å². The molecule has 3 aromatic carbocycles. The summed E-state index contributed by atoms with van der Waals surface area (Å²) in [4.78, 5) is 59.9. The average Bonchev–Trinajstić information content (AvgIpc) is 3.96. The maximum absolute atomic E-state index is 14.0. The van der Waals surface area contributed by atoms with Crippen molar-refractivity contribution in [3.63, 3.8) is 0 Å². The zero-order chi connectivity index (χ0) is 48.0. The smallest absolute Gasteiger partial charge is 0.246 e. The molecular weight excluding hydrogens is 860 g/mol. The van der Waals surface area contributed by atoms with E-state index in [2.05, 4.69) is 44.1 Å². The van der Waals surface area contributed by atoms with Crippen molar-refractivity contribution in [2.24, 2.45) is 22.2 Å². The van der Waals surface area contributed by atoms with Crippen molar-refractivity contribution in [2.75, 3.05) is 26.4 Å². The lowest BCUT2D eigenvalue weighted by Crippen LogP contribution is -2.66. The van der Waals surface area contributed by atoms with Crippen LogP contribution in [0.5, 0.6) is 11.5 Å². The maximum atomic E-state index is 14.0. The summed E-state index contributed by atoms with van der Waals surface area (Å²) in [7, 11) is 0. The van der Waals surface area contributed by atoms with Crippen molar-refractivity contribution in [2.45, 2.75) is 118 Å². The van der Waals surface area contributed by atoms with Crippen molar-refractivity contribution >= 4 is 35.0 Å². The quantitative estimate of drug-likeness (QED) is 0.0638. The van der Waals surface area contributed by atoms with Crippen LogP contribution in [0, 0.1) is 33.5 Å². The topological polar surface area (TPSA) is 181 Å². The zero-order valence-electron chi connectivity index (χ0n) is 39.3. The Hall–Kier alpha value is -5.55. The van der Waals surface area contributed by atoms with E-state index in [4.69, 9.17) is 30.2 Å². The van der Waals surface area contributed by atoms with Gasteiger partial charge in [-0.15, -0.1) is 0 Å². The number of oxazole rings is 1. The number of nitriles is 1. The van der Waals surface area contributed by atoms with Gasteiger partial charge in [0.05, 0.1) is 29.3 Å². The number of carbonyl (C=O) groups excluding carboxylic acids is 4. The lowest BCUT2D eigenvalue weighted by molar-refractivity contribution is -0.196. The van der Waals surface area contributed by atoms with Crippen molar-refractivity contribution in [1.29, 1.82) is 5.26 Å². The van der Waals surface area contributed by atoms with E-state index in [0.717, 1.165) is 16.8 Å². The number of ether oxygens (including phenoxy) is 3. The molecule has 1 saturated heterocycles. The molecule has 4 aromatic rings. The van der Waals surface area contributed by atoms with E-state index in [1.807, 2.05) is 52.0 Å². The molecule has 0 bridgehead atoms. The first-order chi connectivity index (χ1) is 31.2. The Kier molecular flexibility index (Phi) is 15.8. The molecule has 2 amide bonds. The van der Waals surface area contributed by atoms with E-state index in [0.29, 0.717) is 60.1 Å². The molecule has 1 aromatic heterocycles. The van der Waals surface area contributed by atoms with E-state index in [1.165, 1.54) is 11.3 Å². The highest BCUT2D eigenvalue weighted by Crippen LogP contribution is 2.62. The average molecular weight is 924 g/mol. The first-order valence-electron chi connectivity index (χ1n) is 22.7. The van der Waals surface area contributed by atoms with Crippen LogP contribution in [-0.2, 0) is 19.1 Å². The predicted octanol–water partition coefficient (Wildman–Crippen LogP) is 9.00. The number of nitrogens with zero attached hydrogens (tertiary/aromatic N) is 3. The van der Waals surface area contributed by atoms with Crippen LogP contribution in [0.2, 0.25) is 5.02 Å². The van der Waals surface area contributed by atoms with E-state index in [9.17, 15) is 29.5 Å². The molecule has 1 aliphatic heterocycles. The molecule has 0 spiro atoms. The number of rotatable bonds is 20. The number of Topliss-reactive ketones (excluding diaryl/α,β-unsaturated/α-hetero) is 2. The standard InChI is InChI=1S/C52H63ClN4O9/c1-32(33-11-13-34(14-12-33)41-29-64-31-55-41)23-44(60)42-24-37(58)28-57(42)48(62)47(50(2,3)4)56-46(61)30-63-21-9-10-22-65-38-18-15-35(16-19-38)43(59)26-45-51(5,6)49(52(45,7)8)66-39-20-17-36(27-54)40(53)25-39/h11-20,25,29,31-32,37,42,45,47,49,58H,9-10,21-24,26,28,30H2,1-8H3,(H,56,61)/t32-,37-,42+,45?,47-,49?/m1/s1. The molecule has 2 N–H and O–H groups in total. The van der Waals surface area contributed by atoms with Crippen molar-refractivity contribution in [3.8, 4) is 28.8 Å². The second kappa shape index (κ2) is 21.0. The molecule has 14 heteroatoms. The summed E-state index contributed by atoms with van der Waals surface area (Å²) in [6, 6.07) is 20.3. The van der Waals surface area contributed by atoms with Gasteiger partial charge in [-0.1, -0.05) is 91.3 Å². The number of nitrogens with one attached hydrogen (secondary N) is 1. The highest BCUT2D eigenvalue weighted by Gasteiger charge is 2.63. The minimum atomic E-state index is -0.948. The number of ketones is 2. The molecule has 4 atom stereocenters. The van der Waals surface area contributed by atoms with Crippen LogP contribution in [0.3, 0.4) is 0 Å². The van der Waals surface area contributed by atoms with Crippen LogP contribution in [0.1, 0.15) is 115 Å². The summed E-state index contributed by atoms with van der Waals surface area (Å²) in [5.74, 6) is 0.212. The van der Waals surface area contributed by atoms with Gasteiger partial charge in [0.15, 0.2) is 18.0 Å². The number of aliphatic hydroxyl groups is 1. The Morgan fingerprint density at radius 3 is 2.27 bits per heavy atom. The van der Waals surface area contributed by atoms with E-state index in [-0.39, 0.29) is 66.3 Å². The lowest BCUT2D eigenvalue weighted by Gasteiger charge is -2.63. The first kappa shape index (κ1) is 49.9. The van der Waals surface area contributed by atoms with Crippen LogP contribution in [0.15, 0.2) is 83.8 Å². The number of unbranched alkanes of at least 4 members (excludes halogenated alkanes) is 1. The molecule has 1 saturated carbocycles. The largest absolute Gasteiger partial charge is 0.494 e. The Morgan fingerprint density at radius 1 is 0.985 bits per heavy atom.